The van der Waals surface area contributed by atoms with Crippen molar-refractivity contribution in [2.24, 2.45) is 0 Å². The van der Waals surface area contributed by atoms with Crippen molar-refractivity contribution in [2.45, 2.75) is 26.0 Å². The van der Waals surface area contributed by atoms with Gasteiger partial charge in [-0.15, -0.1) is 5.92 Å². The monoisotopic (exact) mass is 246 g/mol. The topological polar surface area (TPSA) is 43.4 Å². The van der Waals surface area contributed by atoms with Crippen LogP contribution in [0, 0.1) is 35.5 Å². The smallest absolute Gasteiger partial charge is 0.257 e. The normalized spacial score (nSPS) is 19.9. The van der Waals surface area contributed by atoms with Gasteiger partial charge in [-0.1, -0.05) is 36.5 Å². The predicted molar refractivity (Wildman–Crippen MR) is 63.6 cm³/mol. The molecule has 0 fully saturated rings. The Morgan fingerprint density at radius 2 is 1.56 bits per heavy atom. The van der Waals surface area contributed by atoms with Gasteiger partial charge < -0.3 is 0 Å². The second-order valence-electron chi connectivity index (χ2n) is 2.14. The third-order valence-electron chi connectivity index (χ3n) is 0.807. The van der Waals surface area contributed by atoms with E-state index in [1.165, 1.54) is 0 Å². The van der Waals surface area contributed by atoms with Crippen molar-refractivity contribution < 1.29 is 23.6 Å². The summed E-state index contributed by atoms with van der Waals surface area (Å²) >= 11 is 0. The van der Waals surface area contributed by atoms with Gasteiger partial charge in [-0.05, 0) is 0 Å². The van der Waals surface area contributed by atoms with Crippen LogP contribution in [-0.4, -0.2) is 21.2 Å². The van der Waals surface area contributed by atoms with Gasteiger partial charge in [0, 0.05) is 9.11 Å². The number of hydrogen-bond donors (Lipinski definition) is 0. The fourth-order valence-corrected chi connectivity index (χ4v) is 0.565. The maximum atomic E-state index is 10.8. The van der Waals surface area contributed by atoms with E-state index in [-0.39, 0.29) is 0 Å². The molecule has 0 rings (SSSR count). The lowest BCUT2D eigenvalue weighted by atomic mass is 10.3. The first kappa shape index (κ1) is 5.78. The van der Waals surface area contributed by atoms with Crippen LogP contribution in [0.3, 0.4) is 0 Å². The van der Waals surface area contributed by atoms with Gasteiger partial charge in [-0.2, -0.15) is 8.42 Å². The van der Waals surface area contributed by atoms with Crippen molar-refractivity contribution >= 4 is 10.1 Å². The fourth-order valence-electron chi connectivity index (χ4n) is 0.372. The molecule has 3 nitrogen and oxygen atoms in total. The Labute approximate surface area is 109 Å². The Kier molecular flexibility index (Phi) is 3.20. The molecule has 0 saturated heterocycles. The lowest BCUT2D eigenvalue weighted by Crippen LogP contribution is -2.02. The predicted octanol–water partition coefficient (Wildman–Crippen LogP) is 1.16. The lowest BCUT2D eigenvalue weighted by molar-refractivity contribution is 0.368. The summed E-state index contributed by atoms with van der Waals surface area (Å²) in [4.78, 5) is 0. The van der Waals surface area contributed by atoms with E-state index >= 15 is 0 Å². The molecule has 4 heteroatoms. The first-order chi connectivity index (χ1) is 10.3. The zero-order valence-electron chi connectivity index (χ0n) is 16.6. The maximum Gasteiger partial charge on any atom is 0.265 e. The summed E-state index contributed by atoms with van der Waals surface area (Å²) in [6.07, 6.45) is -6.54. The Morgan fingerprint density at radius 3 is 2.06 bits per heavy atom. The molecule has 16 heavy (non-hydrogen) atoms. The maximum absolute atomic E-state index is 10.8. The van der Waals surface area contributed by atoms with Crippen LogP contribution in [0.15, 0.2) is 0 Å². The largest absolute Gasteiger partial charge is 0.265 e. The third kappa shape index (κ3) is 12.6. The van der Waals surface area contributed by atoms with Gasteiger partial charge in [-0.3, -0.25) is 4.18 Å². The second kappa shape index (κ2) is 8.86. The molecule has 0 bridgehead atoms. The molecule has 0 amide bonds. The molecular formula is C12H14O3S. The lowest BCUT2D eigenvalue weighted by Gasteiger charge is -1.91. The molecule has 0 aliphatic rings. The average Bonchev–Trinajstić information content (AvgIpc) is 2.29. The molecule has 0 N–H and O–H groups in total. The average molecular weight is 246 g/mol. The van der Waals surface area contributed by atoms with E-state index in [1.54, 1.807) is 11.8 Å². The van der Waals surface area contributed by atoms with Gasteiger partial charge in [-0.25, -0.2) is 0 Å². The van der Waals surface area contributed by atoms with Crippen molar-refractivity contribution in [2.75, 3.05) is 12.8 Å². The SMILES string of the molecule is [2H]C([2H])(C)C#CC([2H])([2H])C#CC([2H])([2H])C#CC([2H])([2H])OS(C)(=O)=O. The summed E-state index contributed by atoms with van der Waals surface area (Å²) in [6, 6.07) is 0. The van der Waals surface area contributed by atoms with Crippen molar-refractivity contribution in [3.05, 3.63) is 0 Å². The van der Waals surface area contributed by atoms with Crippen LogP contribution in [0.25, 0.3) is 0 Å². The number of rotatable bonds is 2. The van der Waals surface area contributed by atoms with Gasteiger partial charge in [0.1, 0.15) is 6.56 Å². The molecule has 0 aromatic heterocycles. The highest BCUT2D eigenvalue weighted by Gasteiger charge is 1.96. The van der Waals surface area contributed by atoms with E-state index in [4.69, 9.17) is 11.0 Å². The van der Waals surface area contributed by atoms with Crippen molar-refractivity contribution in [1.29, 1.82) is 0 Å². The zero-order valence-corrected chi connectivity index (χ0v) is 9.45. The van der Waals surface area contributed by atoms with Gasteiger partial charge in [0.05, 0.1) is 27.2 Å². The molecule has 0 aromatic rings. The number of hydrogen-bond acceptors (Lipinski definition) is 3. The fraction of sp³-hybridized carbons (Fsp3) is 0.500. The van der Waals surface area contributed by atoms with Crippen LogP contribution >= 0.6 is 0 Å². The molecule has 0 heterocycles. The van der Waals surface area contributed by atoms with Crippen LogP contribution in [0.5, 0.6) is 0 Å². The minimum Gasteiger partial charge on any atom is -0.257 e. The van der Waals surface area contributed by atoms with Crippen LogP contribution in [0.4, 0.5) is 0 Å². The minimum atomic E-state index is -4.16. The molecular weight excluding hydrogens is 224 g/mol. The highest BCUT2D eigenvalue weighted by Crippen LogP contribution is 1.84. The first-order valence-corrected chi connectivity index (χ1v) is 5.68. The highest BCUT2D eigenvalue weighted by molar-refractivity contribution is 7.85. The summed E-state index contributed by atoms with van der Waals surface area (Å²) in [5.41, 5.74) is 0. The standard InChI is InChI=1S/C12H14O3S/c1-3-4-5-6-7-8-9-10-11-12-15-16(2,13)14/h3,6,9,12H2,1-2H3/i3D2,6D2,9D2,12D2. The molecule has 0 spiro atoms. The summed E-state index contributed by atoms with van der Waals surface area (Å²) in [5.74, 6) is 10.9. The van der Waals surface area contributed by atoms with E-state index in [0.29, 0.717) is 6.26 Å². The van der Waals surface area contributed by atoms with E-state index in [0.717, 1.165) is 6.92 Å². The molecule has 0 aliphatic heterocycles. The van der Waals surface area contributed by atoms with E-state index in [9.17, 15) is 8.42 Å². The molecule has 0 unspecified atom stereocenters. The van der Waals surface area contributed by atoms with Crippen molar-refractivity contribution in [3.63, 3.8) is 0 Å². The first-order valence-electron chi connectivity index (χ1n) is 7.86. The van der Waals surface area contributed by atoms with Gasteiger partial charge >= 0.3 is 0 Å². The Morgan fingerprint density at radius 1 is 1.06 bits per heavy atom. The summed E-state index contributed by atoms with van der Waals surface area (Å²) in [6.45, 7) is -1.86. The van der Waals surface area contributed by atoms with Gasteiger partial charge in [0.15, 0.2) is 0 Å². The molecule has 0 saturated carbocycles. The zero-order chi connectivity index (χ0) is 19.4. The van der Waals surface area contributed by atoms with Gasteiger partial charge in [0.2, 0.25) is 0 Å². The molecule has 0 aromatic carbocycles. The molecule has 86 valence electrons. The Hall–Kier alpha value is -1.41. The Balaban J connectivity index is 5.41. The van der Waals surface area contributed by atoms with Crippen LogP contribution < -0.4 is 0 Å². The molecule has 0 aliphatic carbocycles. The molecule has 0 radical (unpaired) electrons. The minimum absolute atomic E-state index is 0.598. The van der Waals surface area contributed by atoms with Crippen LogP contribution in [0.1, 0.15) is 37.0 Å². The quantitative estimate of drug-likeness (QED) is 0.542. The van der Waals surface area contributed by atoms with E-state index in [2.05, 4.69) is 4.18 Å². The van der Waals surface area contributed by atoms with Crippen molar-refractivity contribution in [1.82, 2.24) is 0 Å². The summed E-state index contributed by atoms with van der Waals surface area (Å²) in [5, 5.41) is 0. The van der Waals surface area contributed by atoms with Crippen LogP contribution in [-0.2, 0) is 14.3 Å². The second-order valence-corrected chi connectivity index (χ2v) is 3.71. The van der Waals surface area contributed by atoms with Gasteiger partial charge in [0.25, 0.3) is 10.1 Å². The van der Waals surface area contributed by atoms with E-state index in [1.807, 2.05) is 23.7 Å². The third-order valence-corrected chi connectivity index (χ3v) is 1.19. The Bertz CT molecular complexity index is 761. The molecule has 0 atom stereocenters. The van der Waals surface area contributed by atoms with Crippen molar-refractivity contribution in [3.8, 4) is 35.5 Å². The highest BCUT2D eigenvalue weighted by atomic mass is 32.2. The summed E-state index contributed by atoms with van der Waals surface area (Å²) < 4.78 is 84.1. The summed E-state index contributed by atoms with van der Waals surface area (Å²) in [7, 11) is -4.16. The van der Waals surface area contributed by atoms with E-state index < -0.39 is 35.8 Å². The van der Waals surface area contributed by atoms with Crippen LogP contribution in [0.2, 0.25) is 0 Å².